The Morgan fingerprint density at radius 3 is 1.88 bits per heavy atom. The first-order valence-electron chi connectivity index (χ1n) is 2.21. The lowest BCUT2D eigenvalue weighted by Gasteiger charge is -2.12. The van der Waals surface area contributed by atoms with E-state index in [0.717, 1.165) is 12.4 Å². The molecule has 4 nitrogen and oxygen atoms in total. The minimum atomic E-state index is -0.352. The van der Waals surface area contributed by atoms with Gasteiger partial charge in [-0.1, -0.05) is 0 Å². The van der Waals surface area contributed by atoms with E-state index in [0.29, 0.717) is 0 Å². The summed E-state index contributed by atoms with van der Waals surface area (Å²) in [4.78, 5) is 0. The average Bonchev–Trinajstić information content (AvgIpc) is 1.69. The average molecular weight is 114 g/mol. The maximum atomic E-state index is 6.69. The van der Waals surface area contributed by atoms with Gasteiger partial charge in [0.1, 0.15) is 0 Å². The zero-order valence-corrected chi connectivity index (χ0v) is 4.76. The van der Waals surface area contributed by atoms with Crippen molar-refractivity contribution in [1.82, 2.24) is 5.01 Å². The number of hydrogen-bond acceptors (Lipinski definition) is 4. The molecular weight excluding hydrogens is 104 g/mol. The summed E-state index contributed by atoms with van der Waals surface area (Å²) in [6, 6.07) is -0.352. The highest BCUT2D eigenvalue weighted by Gasteiger charge is 2.00. The molecule has 0 aliphatic heterocycles. The van der Waals surface area contributed by atoms with Crippen molar-refractivity contribution in [2.24, 2.45) is 5.84 Å². The second-order valence-corrected chi connectivity index (χ2v) is 1.49. The number of hydrogen-bond donors (Lipinski definition) is 3. The summed E-state index contributed by atoms with van der Waals surface area (Å²) < 4.78 is 0. The van der Waals surface area contributed by atoms with Crippen LogP contribution < -0.4 is 5.84 Å². The van der Waals surface area contributed by atoms with Gasteiger partial charge in [-0.25, -0.2) is 5.01 Å². The SMILES string of the molecule is CN(N)C(C=N)C=N. The highest BCUT2D eigenvalue weighted by Crippen LogP contribution is 1.77. The monoisotopic (exact) mass is 114 g/mol. The first-order valence-corrected chi connectivity index (χ1v) is 2.21. The minimum absolute atomic E-state index is 0.352. The fourth-order valence-corrected chi connectivity index (χ4v) is 0.283. The van der Waals surface area contributed by atoms with Gasteiger partial charge in [0.05, 0.1) is 6.04 Å². The molecule has 0 radical (unpaired) electrons. The van der Waals surface area contributed by atoms with E-state index in [2.05, 4.69) is 0 Å². The highest BCUT2D eigenvalue weighted by molar-refractivity contribution is 5.84. The quantitative estimate of drug-likeness (QED) is 0.262. The zero-order valence-electron chi connectivity index (χ0n) is 4.76. The second-order valence-electron chi connectivity index (χ2n) is 1.49. The first kappa shape index (κ1) is 7.26. The molecule has 0 aliphatic carbocycles. The Kier molecular flexibility index (Phi) is 2.98. The summed E-state index contributed by atoms with van der Waals surface area (Å²) in [6.45, 7) is 0. The van der Waals surface area contributed by atoms with Gasteiger partial charge in [0.2, 0.25) is 0 Å². The van der Waals surface area contributed by atoms with Crippen molar-refractivity contribution in [1.29, 1.82) is 10.8 Å². The van der Waals surface area contributed by atoms with E-state index in [9.17, 15) is 0 Å². The maximum absolute atomic E-state index is 6.69. The molecule has 46 valence electrons. The number of nitrogens with two attached hydrogens (primary N) is 1. The van der Waals surface area contributed by atoms with Crippen LogP contribution in [0.2, 0.25) is 0 Å². The van der Waals surface area contributed by atoms with Gasteiger partial charge in [0, 0.05) is 19.5 Å². The van der Waals surface area contributed by atoms with Gasteiger partial charge >= 0.3 is 0 Å². The van der Waals surface area contributed by atoms with Crippen LogP contribution in [0.3, 0.4) is 0 Å². The van der Waals surface area contributed by atoms with E-state index >= 15 is 0 Å². The normalized spacial score (nSPS) is 13.4. The summed E-state index contributed by atoms with van der Waals surface area (Å²) >= 11 is 0. The molecule has 0 heterocycles. The molecule has 0 unspecified atom stereocenters. The van der Waals surface area contributed by atoms with Crippen molar-refractivity contribution in [2.75, 3.05) is 7.05 Å². The summed E-state index contributed by atoms with van der Waals surface area (Å²) in [7, 11) is 1.61. The summed E-state index contributed by atoms with van der Waals surface area (Å²) in [5, 5.41) is 14.7. The van der Waals surface area contributed by atoms with E-state index < -0.39 is 0 Å². The Balaban J connectivity index is 3.68. The molecule has 0 fully saturated rings. The lowest BCUT2D eigenvalue weighted by Crippen LogP contribution is -2.39. The highest BCUT2D eigenvalue weighted by atomic mass is 15.4. The minimum Gasteiger partial charge on any atom is -0.311 e. The summed E-state index contributed by atoms with van der Waals surface area (Å²) in [5.41, 5.74) is 0. The smallest absolute Gasteiger partial charge is 0.0926 e. The van der Waals surface area contributed by atoms with Crippen molar-refractivity contribution < 1.29 is 0 Å². The molecule has 0 aromatic carbocycles. The van der Waals surface area contributed by atoms with Crippen LogP contribution in [0.1, 0.15) is 0 Å². The van der Waals surface area contributed by atoms with Crippen LogP contribution in [0.4, 0.5) is 0 Å². The predicted molar refractivity (Wildman–Crippen MR) is 33.3 cm³/mol. The Morgan fingerprint density at radius 1 is 1.50 bits per heavy atom. The van der Waals surface area contributed by atoms with Crippen LogP contribution >= 0.6 is 0 Å². The molecule has 0 rings (SSSR count). The predicted octanol–water partition coefficient (Wildman–Crippen LogP) is -0.540. The Morgan fingerprint density at radius 2 is 1.88 bits per heavy atom. The molecule has 0 bridgehead atoms. The largest absolute Gasteiger partial charge is 0.311 e. The van der Waals surface area contributed by atoms with Gasteiger partial charge in [-0.15, -0.1) is 0 Å². The van der Waals surface area contributed by atoms with Gasteiger partial charge in [-0.05, 0) is 0 Å². The van der Waals surface area contributed by atoms with Crippen molar-refractivity contribution in [3.63, 3.8) is 0 Å². The number of nitrogens with zero attached hydrogens (tertiary/aromatic N) is 1. The molecule has 0 aromatic rings. The molecule has 0 amide bonds. The second kappa shape index (κ2) is 3.29. The molecule has 4 heteroatoms. The molecular formula is C4H10N4. The van der Waals surface area contributed by atoms with Gasteiger partial charge in [0.25, 0.3) is 0 Å². The lowest BCUT2D eigenvalue weighted by molar-refractivity contribution is 0.367. The third kappa shape index (κ3) is 1.81. The van der Waals surface area contributed by atoms with Gasteiger partial charge in [0.15, 0.2) is 0 Å². The lowest BCUT2D eigenvalue weighted by atomic mass is 10.3. The van der Waals surface area contributed by atoms with E-state index in [1.54, 1.807) is 7.05 Å². The molecule has 0 atom stereocenters. The molecule has 0 saturated heterocycles. The number of hydrazine groups is 1. The maximum Gasteiger partial charge on any atom is 0.0926 e. The first-order chi connectivity index (χ1) is 3.72. The molecule has 0 spiro atoms. The fourth-order valence-electron chi connectivity index (χ4n) is 0.283. The third-order valence-corrected chi connectivity index (χ3v) is 0.812. The van der Waals surface area contributed by atoms with Gasteiger partial charge in [-0.3, -0.25) is 5.84 Å². The van der Waals surface area contributed by atoms with Gasteiger partial charge < -0.3 is 10.8 Å². The molecule has 4 N–H and O–H groups in total. The Hall–Kier alpha value is -0.740. The third-order valence-electron chi connectivity index (χ3n) is 0.812. The molecule has 8 heavy (non-hydrogen) atoms. The zero-order chi connectivity index (χ0) is 6.57. The van der Waals surface area contributed by atoms with E-state index in [1.807, 2.05) is 0 Å². The van der Waals surface area contributed by atoms with Crippen LogP contribution in [0.15, 0.2) is 0 Å². The van der Waals surface area contributed by atoms with Crippen LogP contribution in [0.25, 0.3) is 0 Å². The fraction of sp³-hybridized carbons (Fsp3) is 0.500. The van der Waals surface area contributed by atoms with Crippen LogP contribution in [0, 0.1) is 10.8 Å². The molecule has 0 aromatic heterocycles. The van der Waals surface area contributed by atoms with Crippen LogP contribution in [0.5, 0.6) is 0 Å². The van der Waals surface area contributed by atoms with Crippen molar-refractivity contribution >= 4 is 12.4 Å². The number of rotatable bonds is 3. The van der Waals surface area contributed by atoms with Crippen LogP contribution in [-0.4, -0.2) is 30.5 Å². The Bertz CT molecular complexity index is 80.0. The Labute approximate surface area is 48.3 Å². The summed E-state index contributed by atoms with van der Waals surface area (Å²) in [5.74, 6) is 5.19. The van der Waals surface area contributed by atoms with E-state index in [1.165, 1.54) is 5.01 Å². The topological polar surface area (TPSA) is 77.0 Å². The summed E-state index contributed by atoms with van der Waals surface area (Å²) in [6.07, 6.45) is 2.21. The van der Waals surface area contributed by atoms with Crippen molar-refractivity contribution in [3.05, 3.63) is 0 Å². The van der Waals surface area contributed by atoms with Crippen molar-refractivity contribution in [3.8, 4) is 0 Å². The van der Waals surface area contributed by atoms with Crippen LogP contribution in [-0.2, 0) is 0 Å². The van der Waals surface area contributed by atoms with E-state index in [-0.39, 0.29) is 6.04 Å². The standard InChI is InChI=1S/C4H10N4/c1-8(7)4(2-5)3-6/h2-6H,7H2,1H3. The van der Waals surface area contributed by atoms with Gasteiger partial charge in [-0.2, -0.15) is 0 Å². The van der Waals surface area contributed by atoms with E-state index in [4.69, 9.17) is 16.7 Å². The molecule has 0 saturated carbocycles. The number of nitrogens with one attached hydrogen (secondary N) is 2. The molecule has 0 aliphatic rings. The van der Waals surface area contributed by atoms with Crippen molar-refractivity contribution in [2.45, 2.75) is 6.04 Å².